The summed E-state index contributed by atoms with van der Waals surface area (Å²) in [6.07, 6.45) is -11.0. The fraction of sp³-hybridized carbons (Fsp3) is 0.350. The molecule has 174 valence electrons. The third kappa shape index (κ3) is 4.69. The number of amides is 1. The van der Waals surface area contributed by atoms with E-state index in [2.05, 4.69) is 0 Å². The van der Waals surface area contributed by atoms with Gasteiger partial charge in [0.1, 0.15) is 5.75 Å². The van der Waals surface area contributed by atoms with Gasteiger partial charge in [0.25, 0.3) is 5.91 Å². The SMILES string of the molecule is C[C@H](Oc1ccc(S(C)(=O)=O)cc1C(=O)N1CCc2c1cccc2C(F)(F)F)C(F)(F)F. The first-order valence-corrected chi connectivity index (χ1v) is 11.1. The van der Waals surface area contributed by atoms with Crippen LogP contribution < -0.4 is 9.64 Å². The van der Waals surface area contributed by atoms with Gasteiger partial charge < -0.3 is 9.64 Å². The van der Waals surface area contributed by atoms with Gasteiger partial charge in [0.2, 0.25) is 0 Å². The normalized spacial score (nSPS) is 15.4. The molecule has 1 amide bonds. The molecule has 0 N–H and O–H groups in total. The van der Waals surface area contributed by atoms with Gasteiger partial charge in [0.15, 0.2) is 15.9 Å². The van der Waals surface area contributed by atoms with E-state index >= 15 is 0 Å². The van der Waals surface area contributed by atoms with E-state index in [1.807, 2.05) is 0 Å². The van der Waals surface area contributed by atoms with E-state index in [1.54, 1.807) is 0 Å². The molecule has 0 radical (unpaired) electrons. The Morgan fingerprint density at radius 1 is 1.09 bits per heavy atom. The summed E-state index contributed by atoms with van der Waals surface area (Å²) in [6, 6.07) is 6.05. The standard InChI is InChI=1S/C20H17F6NO4S/c1-11(19(21,22)23)31-17-7-6-12(32(2,29)30)10-14(17)18(28)27-9-8-13-15(20(24,25)26)4-3-5-16(13)27/h3-7,10-11H,8-9H2,1-2H3/t11-/m0/s1. The van der Waals surface area contributed by atoms with E-state index in [0.29, 0.717) is 6.92 Å². The molecule has 0 spiro atoms. The average Bonchev–Trinajstić information content (AvgIpc) is 3.09. The predicted octanol–water partition coefficient (Wildman–Crippen LogP) is 4.64. The highest BCUT2D eigenvalue weighted by Crippen LogP contribution is 2.40. The van der Waals surface area contributed by atoms with Crippen molar-refractivity contribution in [2.75, 3.05) is 17.7 Å². The molecule has 2 aromatic rings. The van der Waals surface area contributed by atoms with E-state index in [-0.39, 0.29) is 29.1 Å². The second kappa shape index (κ2) is 7.98. The Balaban J connectivity index is 2.09. The van der Waals surface area contributed by atoms with Crippen LogP contribution in [0.4, 0.5) is 32.0 Å². The van der Waals surface area contributed by atoms with Crippen LogP contribution in [0.25, 0.3) is 0 Å². The first kappa shape index (κ1) is 23.9. The molecule has 1 heterocycles. The number of hydrogen-bond donors (Lipinski definition) is 0. The molecule has 0 aliphatic carbocycles. The van der Waals surface area contributed by atoms with Crippen LogP contribution in [0.15, 0.2) is 41.3 Å². The highest BCUT2D eigenvalue weighted by atomic mass is 32.2. The third-order valence-corrected chi connectivity index (χ3v) is 6.06. The lowest BCUT2D eigenvalue weighted by atomic mass is 10.0. The Bertz CT molecular complexity index is 1160. The summed E-state index contributed by atoms with van der Waals surface area (Å²) < 4.78 is 107. The van der Waals surface area contributed by atoms with Crippen molar-refractivity contribution in [2.45, 2.75) is 36.7 Å². The number of hydrogen-bond acceptors (Lipinski definition) is 4. The Kier molecular flexibility index (Phi) is 5.96. The van der Waals surface area contributed by atoms with Crippen LogP contribution in [-0.4, -0.2) is 39.4 Å². The molecule has 0 bridgehead atoms. The number of rotatable bonds is 4. The number of carbonyl (C=O) groups excluding carboxylic acids is 1. The summed E-state index contributed by atoms with van der Waals surface area (Å²) in [7, 11) is -3.84. The maximum atomic E-state index is 13.3. The van der Waals surface area contributed by atoms with Crippen molar-refractivity contribution in [1.82, 2.24) is 0 Å². The monoisotopic (exact) mass is 481 g/mol. The minimum atomic E-state index is -4.77. The third-order valence-electron chi connectivity index (χ3n) is 4.95. The number of carbonyl (C=O) groups is 1. The Morgan fingerprint density at radius 2 is 1.75 bits per heavy atom. The fourth-order valence-electron chi connectivity index (χ4n) is 3.32. The molecule has 2 aromatic carbocycles. The van der Waals surface area contributed by atoms with Gasteiger partial charge in [-0.2, -0.15) is 26.3 Å². The van der Waals surface area contributed by atoms with Gasteiger partial charge in [-0.1, -0.05) is 6.07 Å². The second-order valence-electron chi connectivity index (χ2n) is 7.24. The topological polar surface area (TPSA) is 63.7 Å². The molecule has 32 heavy (non-hydrogen) atoms. The summed E-state index contributed by atoms with van der Waals surface area (Å²) in [4.78, 5) is 13.8. The molecular weight excluding hydrogens is 464 g/mol. The molecule has 0 saturated carbocycles. The van der Waals surface area contributed by atoms with Gasteiger partial charge >= 0.3 is 12.4 Å². The Labute approximate surface area is 179 Å². The number of benzene rings is 2. The summed E-state index contributed by atoms with van der Waals surface area (Å²) in [6.45, 7) is 0.540. The Morgan fingerprint density at radius 3 is 2.31 bits per heavy atom. The molecule has 5 nitrogen and oxygen atoms in total. The molecule has 1 atom stereocenters. The average molecular weight is 481 g/mol. The van der Waals surface area contributed by atoms with E-state index in [4.69, 9.17) is 4.74 Å². The van der Waals surface area contributed by atoms with E-state index < -0.39 is 51.1 Å². The first-order chi connectivity index (χ1) is 14.6. The van der Waals surface area contributed by atoms with Gasteiger partial charge in [-0.15, -0.1) is 0 Å². The number of fused-ring (bicyclic) bond motifs is 1. The molecule has 0 saturated heterocycles. The van der Waals surface area contributed by atoms with Gasteiger partial charge in [0.05, 0.1) is 16.0 Å². The van der Waals surface area contributed by atoms with Crippen molar-refractivity contribution in [3.05, 3.63) is 53.1 Å². The minimum absolute atomic E-state index is 0.0515. The quantitative estimate of drug-likeness (QED) is 0.597. The largest absolute Gasteiger partial charge is 0.480 e. The predicted molar refractivity (Wildman–Crippen MR) is 103 cm³/mol. The molecule has 0 fully saturated rings. The molecule has 1 aliphatic rings. The van der Waals surface area contributed by atoms with Crippen LogP contribution in [0.1, 0.15) is 28.4 Å². The summed E-state index contributed by atoms with van der Waals surface area (Å²) in [5.74, 6) is -1.51. The molecule has 0 aromatic heterocycles. The molecule has 3 rings (SSSR count). The second-order valence-corrected chi connectivity index (χ2v) is 9.26. The van der Waals surface area contributed by atoms with Crippen LogP contribution in [0.3, 0.4) is 0 Å². The molecule has 1 aliphatic heterocycles. The van der Waals surface area contributed by atoms with Crippen molar-refractivity contribution in [3.63, 3.8) is 0 Å². The van der Waals surface area contributed by atoms with E-state index in [9.17, 15) is 39.6 Å². The van der Waals surface area contributed by atoms with Gasteiger partial charge in [-0.3, -0.25) is 4.79 Å². The smallest absolute Gasteiger partial charge is 0.425 e. The number of sulfone groups is 1. The maximum absolute atomic E-state index is 13.3. The highest BCUT2D eigenvalue weighted by molar-refractivity contribution is 7.90. The van der Waals surface area contributed by atoms with Crippen LogP contribution in [0.5, 0.6) is 5.75 Å². The molecule has 0 unspecified atom stereocenters. The van der Waals surface area contributed by atoms with Crippen molar-refractivity contribution in [3.8, 4) is 5.75 Å². The molecule has 12 heteroatoms. The number of alkyl halides is 6. The van der Waals surface area contributed by atoms with Gasteiger partial charge in [-0.05, 0) is 49.2 Å². The number of ether oxygens (including phenoxy) is 1. The zero-order chi connectivity index (χ0) is 24.1. The van der Waals surface area contributed by atoms with Gasteiger partial charge in [-0.25, -0.2) is 8.42 Å². The lowest BCUT2D eigenvalue weighted by Crippen LogP contribution is -2.33. The Hall–Kier alpha value is -2.76. The van der Waals surface area contributed by atoms with Crippen molar-refractivity contribution >= 4 is 21.4 Å². The summed E-state index contributed by atoms with van der Waals surface area (Å²) >= 11 is 0. The highest BCUT2D eigenvalue weighted by Gasteiger charge is 2.40. The zero-order valence-corrected chi connectivity index (χ0v) is 17.5. The molecular formula is C20H17F6NO4S. The lowest BCUT2D eigenvalue weighted by Gasteiger charge is -2.23. The maximum Gasteiger partial charge on any atom is 0.425 e. The zero-order valence-electron chi connectivity index (χ0n) is 16.7. The van der Waals surface area contributed by atoms with E-state index in [0.717, 1.165) is 41.5 Å². The fourth-order valence-corrected chi connectivity index (χ4v) is 3.97. The van der Waals surface area contributed by atoms with Gasteiger partial charge in [0, 0.05) is 18.5 Å². The van der Waals surface area contributed by atoms with Crippen LogP contribution in [0.2, 0.25) is 0 Å². The van der Waals surface area contributed by atoms with Crippen LogP contribution in [-0.2, 0) is 22.4 Å². The van der Waals surface area contributed by atoms with E-state index in [1.165, 1.54) is 6.07 Å². The number of anilines is 1. The van der Waals surface area contributed by atoms with Crippen molar-refractivity contribution in [2.24, 2.45) is 0 Å². The number of halogens is 6. The van der Waals surface area contributed by atoms with Crippen molar-refractivity contribution < 1.29 is 44.3 Å². The van der Waals surface area contributed by atoms with Crippen LogP contribution >= 0.6 is 0 Å². The van der Waals surface area contributed by atoms with Crippen LogP contribution in [0, 0.1) is 0 Å². The summed E-state index contributed by atoms with van der Waals surface area (Å²) in [5.41, 5.74) is -1.60. The lowest BCUT2D eigenvalue weighted by molar-refractivity contribution is -0.189. The summed E-state index contributed by atoms with van der Waals surface area (Å²) in [5, 5.41) is 0. The number of nitrogens with zero attached hydrogens (tertiary/aromatic N) is 1. The minimum Gasteiger partial charge on any atom is -0.480 e. The van der Waals surface area contributed by atoms with Crippen molar-refractivity contribution in [1.29, 1.82) is 0 Å². The first-order valence-electron chi connectivity index (χ1n) is 9.19.